The van der Waals surface area contributed by atoms with E-state index in [4.69, 9.17) is 11.6 Å². The Morgan fingerprint density at radius 2 is 2.05 bits per heavy atom. The molecule has 0 saturated heterocycles. The van der Waals surface area contributed by atoms with Gasteiger partial charge in [0.15, 0.2) is 0 Å². The maximum atomic E-state index is 10.9. The summed E-state index contributed by atoms with van der Waals surface area (Å²) in [4.78, 5) is 10.5. The van der Waals surface area contributed by atoms with Crippen molar-refractivity contribution in [2.24, 2.45) is 0 Å². The maximum absolute atomic E-state index is 10.9. The van der Waals surface area contributed by atoms with Gasteiger partial charge in [-0.05, 0) is 49.4 Å². The van der Waals surface area contributed by atoms with Crippen molar-refractivity contribution in [1.29, 1.82) is 0 Å². The normalized spacial score (nSPS) is 14.1. The van der Waals surface area contributed by atoms with Crippen molar-refractivity contribution in [3.05, 3.63) is 38.4 Å². The van der Waals surface area contributed by atoms with Crippen LogP contribution in [0.25, 0.3) is 0 Å². The molecule has 0 heterocycles. The zero-order chi connectivity index (χ0) is 15.3. The molecule has 1 rings (SSSR count). The van der Waals surface area contributed by atoms with Crippen molar-refractivity contribution in [2.75, 3.05) is 6.54 Å². The van der Waals surface area contributed by atoms with E-state index < -0.39 is 4.92 Å². The van der Waals surface area contributed by atoms with Gasteiger partial charge in [-0.25, -0.2) is 0 Å². The lowest BCUT2D eigenvalue weighted by Crippen LogP contribution is -2.34. The van der Waals surface area contributed by atoms with Gasteiger partial charge < -0.3 is 5.32 Å². The Morgan fingerprint density at radius 1 is 1.40 bits per heavy atom. The summed E-state index contributed by atoms with van der Waals surface area (Å²) in [5, 5.41) is 14.6. The number of hydrogen-bond donors (Lipinski definition) is 1. The average molecular weight is 299 g/mol. The zero-order valence-electron chi connectivity index (χ0n) is 12.6. The number of halogens is 1. The largest absolute Gasteiger partial charge is 0.313 e. The number of nitrogens with zero attached hydrogens (tertiary/aromatic N) is 1. The lowest BCUT2D eigenvalue weighted by Gasteiger charge is -2.25. The van der Waals surface area contributed by atoms with E-state index in [2.05, 4.69) is 26.1 Å². The highest BCUT2D eigenvalue weighted by Crippen LogP contribution is 2.33. The van der Waals surface area contributed by atoms with Crippen LogP contribution < -0.4 is 5.32 Å². The number of rotatable bonds is 7. The van der Waals surface area contributed by atoms with Crippen LogP contribution in [0.5, 0.6) is 0 Å². The monoisotopic (exact) mass is 298 g/mol. The van der Waals surface area contributed by atoms with Gasteiger partial charge in [-0.1, -0.05) is 32.4 Å². The molecular weight excluding hydrogens is 276 g/mol. The molecule has 0 radical (unpaired) electrons. The number of hydrogen-bond acceptors (Lipinski definition) is 3. The van der Waals surface area contributed by atoms with E-state index in [1.165, 1.54) is 0 Å². The van der Waals surface area contributed by atoms with Crippen LogP contribution in [0.3, 0.4) is 0 Å². The molecule has 112 valence electrons. The SMILES string of the molecule is CCCNC(CC)C(C)c1cc(Cl)c([N+](=O)[O-])cc1C. The molecule has 0 amide bonds. The predicted molar refractivity (Wildman–Crippen MR) is 83.6 cm³/mol. The van der Waals surface area contributed by atoms with Crippen LogP contribution >= 0.6 is 11.6 Å². The van der Waals surface area contributed by atoms with Crippen molar-refractivity contribution < 1.29 is 4.92 Å². The standard InChI is InChI=1S/C15H23ClN2O2/c1-5-7-17-14(6-2)11(4)12-9-13(16)15(18(19)20)8-10(12)3/h8-9,11,14,17H,5-7H2,1-4H3. The average Bonchev–Trinajstić information content (AvgIpc) is 2.41. The molecule has 20 heavy (non-hydrogen) atoms. The van der Waals surface area contributed by atoms with Crippen molar-refractivity contribution in [3.8, 4) is 0 Å². The Kier molecular flexibility index (Phi) is 6.43. The smallest absolute Gasteiger partial charge is 0.288 e. The first-order valence-electron chi connectivity index (χ1n) is 7.10. The van der Waals surface area contributed by atoms with Crippen molar-refractivity contribution >= 4 is 17.3 Å². The van der Waals surface area contributed by atoms with Crippen LogP contribution in [0.2, 0.25) is 5.02 Å². The Hall–Kier alpha value is -1.13. The van der Waals surface area contributed by atoms with Crippen LogP contribution in [-0.2, 0) is 0 Å². The second kappa shape index (κ2) is 7.60. The van der Waals surface area contributed by atoms with Gasteiger partial charge in [-0.2, -0.15) is 0 Å². The molecule has 0 aliphatic heterocycles. The molecule has 1 N–H and O–H groups in total. The first-order chi connectivity index (χ1) is 9.42. The van der Waals surface area contributed by atoms with Crippen LogP contribution in [0.1, 0.15) is 50.7 Å². The molecule has 1 aromatic rings. The Morgan fingerprint density at radius 3 is 2.55 bits per heavy atom. The number of aryl methyl sites for hydroxylation is 1. The van der Waals surface area contributed by atoms with Crippen molar-refractivity contribution in [2.45, 2.75) is 52.5 Å². The maximum Gasteiger partial charge on any atom is 0.288 e. The summed E-state index contributed by atoms with van der Waals surface area (Å²) in [6.07, 6.45) is 2.10. The Balaban J connectivity index is 3.06. The second-order valence-electron chi connectivity index (χ2n) is 5.17. The van der Waals surface area contributed by atoms with Gasteiger partial charge in [0.25, 0.3) is 5.69 Å². The molecule has 5 heteroatoms. The van der Waals surface area contributed by atoms with E-state index in [0.717, 1.165) is 30.5 Å². The topological polar surface area (TPSA) is 55.2 Å². The lowest BCUT2D eigenvalue weighted by atomic mass is 9.88. The van der Waals surface area contributed by atoms with E-state index in [1.54, 1.807) is 12.1 Å². The number of nitro benzene ring substituents is 1. The van der Waals surface area contributed by atoms with Crippen LogP contribution in [-0.4, -0.2) is 17.5 Å². The molecule has 0 aromatic heterocycles. The minimum Gasteiger partial charge on any atom is -0.313 e. The van der Waals surface area contributed by atoms with Gasteiger partial charge in [0, 0.05) is 12.1 Å². The highest BCUT2D eigenvalue weighted by molar-refractivity contribution is 6.32. The number of benzene rings is 1. The quantitative estimate of drug-likeness (QED) is 0.598. The summed E-state index contributed by atoms with van der Waals surface area (Å²) in [6.45, 7) is 9.30. The lowest BCUT2D eigenvalue weighted by molar-refractivity contribution is -0.384. The van der Waals surface area contributed by atoms with Gasteiger partial charge >= 0.3 is 0 Å². The Bertz CT molecular complexity index is 477. The van der Waals surface area contributed by atoms with Crippen molar-refractivity contribution in [1.82, 2.24) is 5.32 Å². The summed E-state index contributed by atoms with van der Waals surface area (Å²) < 4.78 is 0. The summed E-state index contributed by atoms with van der Waals surface area (Å²) >= 11 is 6.03. The first-order valence-corrected chi connectivity index (χ1v) is 7.47. The molecule has 0 aliphatic carbocycles. The molecule has 4 nitrogen and oxygen atoms in total. The van der Waals surface area contributed by atoms with E-state index in [1.807, 2.05) is 6.92 Å². The molecule has 2 unspecified atom stereocenters. The van der Waals surface area contributed by atoms with Gasteiger partial charge in [-0.3, -0.25) is 10.1 Å². The molecule has 0 aliphatic rings. The molecular formula is C15H23ClN2O2. The van der Waals surface area contributed by atoms with Crippen LogP contribution in [0.4, 0.5) is 5.69 Å². The summed E-state index contributed by atoms with van der Waals surface area (Å²) in [6, 6.07) is 3.67. The van der Waals surface area contributed by atoms with Crippen LogP contribution in [0, 0.1) is 17.0 Å². The van der Waals surface area contributed by atoms with Crippen LogP contribution in [0.15, 0.2) is 12.1 Å². The fourth-order valence-electron chi connectivity index (χ4n) is 2.53. The number of nitro groups is 1. The molecule has 0 saturated carbocycles. The predicted octanol–water partition coefficient (Wildman–Crippen LogP) is 4.44. The van der Waals surface area contributed by atoms with E-state index >= 15 is 0 Å². The summed E-state index contributed by atoms with van der Waals surface area (Å²) in [5.74, 6) is 0.268. The second-order valence-corrected chi connectivity index (χ2v) is 5.58. The molecule has 0 spiro atoms. The summed E-state index contributed by atoms with van der Waals surface area (Å²) in [5.41, 5.74) is 1.98. The molecule has 0 fully saturated rings. The van der Waals surface area contributed by atoms with Crippen molar-refractivity contribution in [3.63, 3.8) is 0 Å². The third-order valence-corrected chi connectivity index (χ3v) is 4.03. The van der Waals surface area contributed by atoms with Gasteiger partial charge in [0.1, 0.15) is 5.02 Å². The van der Waals surface area contributed by atoms with E-state index in [0.29, 0.717) is 6.04 Å². The minimum atomic E-state index is -0.434. The van der Waals surface area contributed by atoms with E-state index in [-0.39, 0.29) is 16.6 Å². The molecule has 2 atom stereocenters. The highest BCUT2D eigenvalue weighted by Gasteiger charge is 2.22. The molecule has 1 aromatic carbocycles. The first kappa shape index (κ1) is 16.9. The number of nitrogens with one attached hydrogen (secondary N) is 1. The van der Waals surface area contributed by atoms with E-state index in [9.17, 15) is 10.1 Å². The fourth-order valence-corrected chi connectivity index (χ4v) is 2.77. The third kappa shape index (κ3) is 3.93. The third-order valence-electron chi connectivity index (χ3n) is 3.72. The zero-order valence-corrected chi connectivity index (χ0v) is 13.3. The fraction of sp³-hybridized carbons (Fsp3) is 0.600. The van der Waals surface area contributed by atoms with Gasteiger partial charge in [0.2, 0.25) is 0 Å². The van der Waals surface area contributed by atoms with Gasteiger partial charge in [0.05, 0.1) is 4.92 Å². The summed E-state index contributed by atoms with van der Waals surface area (Å²) in [7, 11) is 0. The van der Waals surface area contributed by atoms with Gasteiger partial charge in [-0.15, -0.1) is 0 Å². The Labute approximate surface area is 125 Å². The minimum absolute atomic E-state index is 0.0188. The molecule has 0 bridgehead atoms. The highest BCUT2D eigenvalue weighted by atomic mass is 35.5.